The SMILES string of the molecule is CC1(c2c[nH]c3nc(C#N)nc(N)c23)CC1. The van der Waals surface area contributed by atoms with E-state index in [1.807, 2.05) is 12.3 Å². The average molecular weight is 213 g/mol. The third-order valence-corrected chi connectivity index (χ3v) is 3.31. The molecule has 0 unspecified atom stereocenters. The Morgan fingerprint density at radius 3 is 2.88 bits per heavy atom. The molecule has 1 saturated carbocycles. The second-order valence-electron chi connectivity index (χ2n) is 4.53. The summed E-state index contributed by atoms with van der Waals surface area (Å²) < 4.78 is 0. The number of anilines is 1. The number of aromatic amines is 1. The van der Waals surface area contributed by atoms with Crippen molar-refractivity contribution in [1.29, 1.82) is 5.26 Å². The van der Waals surface area contributed by atoms with Crippen LogP contribution in [0.1, 0.15) is 31.2 Å². The van der Waals surface area contributed by atoms with Gasteiger partial charge in [-0.1, -0.05) is 6.92 Å². The van der Waals surface area contributed by atoms with Gasteiger partial charge >= 0.3 is 0 Å². The summed E-state index contributed by atoms with van der Waals surface area (Å²) in [6.07, 6.45) is 4.27. The number of nitrogens with two attached hydrogens (primary N) is 1. The van der Waals surface area contributed by atoms with Crippen LogP contribution in [0.5, 0.6) is 0 Å². The molecule has 5 heteroatoms. The Balaban J connectivity index is 2.32. The summed E-state index contributed by atoms with van der Waals surface area (Å²) in [6, 6.07) is 1.90. The summed E-state index contributed by atoms with van der Waals surface area (Å²) in [5.74, 6) is 0.505. The third-order valence-electron chi connectivity index (χ3n) is 3.31. The number of hydrogen-bond donors (Lipinski definition) is 2. The van der Waals surface area contributed by atoms with E-state index in [1.54, 1.807) is 0 Å². The van der Waals surface area contributed by atoms with Gasteiger partial charge in [-0.05, 0) is 23.8 Å². The molecule has 3 rings (SSSR count). The van der Waals surface area contributed by atoms with Crippen molar-refractivity contribution < 1.29 is 0 Å². The van der Waals surface area contributed by atoms with Crippen LogP contribution in [-0.4, -0.2) is 15.0 Å². The van der Waals surface area contributed by atoms with Crippen molar-refractivity contribution in [1.82, 2.24) is 15.0 Å². The predicted octanol–water partition coefficient (Wildman–Crippen LogP) is 1.46. The third kappa shape index (κ3) is 1.10. The van der Waals surface area contributed by atoms with Gasteiger partial charge in [-0.2, -0.15) is 5.26 Å². The maximum absolute atomic E-state index is 8.76. The van der Waals surface area contributed by atoms with Crippen molar-refractivity contribution in [2.75, 3.05) is 5.73 Å². The molecule has 3 N–H and O–H groups in total. The topological polar surface area (TPSA) is 91.4 Å². The minimum Gasteiger partial charge on any atom is -0.383 e. The standard InChI is InChI=1S/C11H11N5/c1-11(2-3-11)6-5-14-10-8(6)9(13)15-7(4-12)16-10/h5H,2-3H2,1H3,(H3,13,14,15,16). The lowest BCUT2D eigenvalue weighted by molar-refractivity contribution is 0.796. The maximum atomic E-state index is 8.76. The van der Waals surface area contributed by atoms with E-state index in [0.717, 1.165) is 5.39 Å². The zero-order valence-electron chi connectivity index (χ0n) is 8.91. The lowest BCUT2D eigenvalue weighted by atomic mass is 9.99. The fourth-order valence-electron chi connectivity index (χ4n) is 2.04. The molecule has 5 nitrogen and oxygen atoms in total. The molecule has 0 spiro atoms. The van der Waals surface area contributed by atoms with Crippen molar-refractivity contribution in [3.05, 3.63) is 17.6 Å². The lowest BCUT2D eigenvalue weighted by Crippen LogP contribution is -2.02. The molecule has 0 aromatic carbocycles. The van der Waals surface area contributed by atoms with Gasteiger partial charge in [0.1, 0.15) is 17.5 Å². The number of aromatic nitrogens is 3. The van der Waals surface area contributed by atoms with Crippen LogP contribution in [0, 0.1) is 11.3 Å². The zero-order valence-corrected chi connectivity index (χ0v) is 8.91. The molecule has 16 heavy (non-hydrogen) atoms. The predicted molar refractivity (Wildman–Crippen MR) is 59.6 cm³/mol. The molecule has 1 aliphatic rings. The quantitative estimate of drug-likeness (QED) is 0.750. The number of nitrogens with zero attached hydrogens (tertiary/aromatic N) is 3. The van der Waals surface area contributed by atoms with Gasteiger partial charge in [0.15, 0.2) is 0 Å². The number of rotatable bonds is 1. The average Bonchev–Trinajstić information content (AvgIpc) is 2.86. The monoisotopic (exact) mass is 213 g/mol. The molecule has 1 fully saturated rings. The highest BCUT2D eigenvalue weighted by Gasteiger charge is 2.41. The molecule has 80 valence electrons. The highest BCUT2D eigenvalue weighted by atomic mass is 15.0. The smallest absolute Gasteiger partial charge is 0.236 e. The Hall–Kier alpha value is -2.09. The van der Waals surface area contributed by atoms with E-state index in [1.165, 1.54) is 18.4 Å². The molecule has 0 amide bonds. The molecule has 0 atom stereocenters. The Kier molecular flexibility index (Phi) is 1.56. The van der Waals surface area contributed by atoms with E-state index in [0.29, 0.717) is 11.5 Å². The first kappa shape index (κ1) is 9.16. The van der Waals surface area contributed by atoms with E-state index in [-0.39, 0.29) is 11.2 Å². The van der Waals surface area contributed by atoms with Crippen molar-refractivity contribution in [3.8, 4) is 6.07 Å². The van der Waals surface area contributed by atoms with Gasteiger partial charge in [0.2, 0.25) is 5.82 Å². The Morgan fingerprint density at radius 2 is 2.25 bits per heavy atom. The van der Waals surface area contributed by atoms with Gasteiger partial charge in [-0.3, -0.25) is 0 Å². The van der Waals surface area contributed by atoms with Crippen LogP contribution in [0.2, 0.25) is 0 Å². The largest absolute Gasteiger partial charge is 0.383 e. The van der Waals surface area contributed by atoms with Crippen LogP contribution >= 0.6 is 0 Å². The van der Waals surface area contributed by atoms with Crippen molar-refractivity contribution in [3.63, 3.8) is 0 Å². The summed E-state index contributed by atoms with van der Waals surface area (Å²) >= 11 is 0. The molecule has 0 bridgehead atoms. The molecule has 1 aliphatic carbocycles. The summed E-state index contributed by atoms with van der Waals surface area (Å²) in [4.78, 5) is 11.2. The fourth-order valence-corrected chi connectivity index (χ4v) is 2.04. The molecule has 2 aromatic rings. The highest BCUT2D eigenvalue weighted by Crippen LogP contribution is 2.50. The number of nitriles is 1. The summed E-state index contributed by atoms with van der Waals surface area (Å²) in [7, 11) is 0. The van der Waals surface area contributed by atoms with Crippen molar-refractivity contribution in [2.24, 2.45) is 0 Å². The van der Waals surface area contributed by atoms with Gasteiger partial charge < -0.3 is 10.7 Å². The van der Waals surface area contributed by atoms with E-state index >= 15 is 0 Å². The summed E-state index contributed by atoms with van der Waals surface area (Å²) in [5, 5.41) is 9.63. The maximum Gasteiger partial charge on any atom is 0.236 e. The Morgan fingerprint density at radius 1 is 1.50 bits per heavy atom. The molecule has 0 radical (unpaired) electrons. The molecule has 0 aliphatic heterocycles. The Labute approximate surface area is 92.3 Å². The van der Waals surface area contributed by atoms with Crippen LogP contribution in [-0.2, 0) is 5.41 Å². The second-order valence-corrected chi connectivity index (χ2v) is 4.53. The van der Waals surface area contributed by atoms with Crippen molar-refractivity contribution >= 4 is 16.9 Å². The number of nitrogens with one attached hydrogen (secondary N) is 1. The molecule has 2 aromatic heterocycles. The van der Waals surface area contributed by atoms with E-state index in [2.05, 4.69) is 21.9 Å². The molecule has 2 heterocycles. The number of hydrogen-bond acceptors (Lipinski definition) is 4. The first-order valence-electron chi connectivity index (χ1n) is 5.19. The first-order chi connectivity index (χ1) is 7.64. The van der Waals surface area contributed by atoms with Crippen LogP contribution in [0.25, 0.3) is 11.0 Å². The number of H-pyrrole nitrogens is 1. The molecular formula is C11H11N5. The van der Waals surface area contributed by atoms with Gasteiger partial charge in [0.05, 0.1) is 5.39 Å². The lowest BCUT2D eigenvalue weighted by Gasteiger charge is -2.06. The minimum absolute atomic E-state index is 0.111. The van der Waals surface area contributed by atoms with E-state index in [4.69, 9.17) is 11.0 Å². The minimum atomic E-state index is 0.111. The van der Waals surface area contributed by atoms with Crippen LogP contribution in [0.15, 0.2) is 6.20 Å². The highest BCUT2D eigenvalue weighted by molar-refractivity contribution is 5.91. The zero-order chi connectivity index (χ0) is 11.3. The Bertz CT molecular complexity index is 615. The number of fused-ring (bicyclic) bond motifs is 1. The van der Waals surface area contributed by atoms with Crippen LogP contribution in [0.4, 0.5) is 5.82 Å². The first-order valence-corrected chi connectivity index (χ1v) is 5.19. The van der Waals surface area contributed by atoms with Gasteiger partial charge in [-0.25, -0.2) is 9.97 Å². The fraction of sp³-hybridized carbons (Fsp3) is 0.364. The van der Waals surface area contributed by atoms with Crippen LogP contribution in [0.3, 0.4) is 0 Å². The van der Waals surface area contributed by atoms with Gasteiger partial charge in [0, 0.05) is 6.20 Å². The van der Waals surface area contributed by atoms with E-state index < -0.39 is 0 Å². The van der Waals surface area contributed by atoms with E-state index in [9.17, 15) is 0 Å². The van der Waals surface area contributed by atoms with Gasteiger partial charge in [-0.15, -0.1) is 0 Å². The second kappa shape index (κ2) is 2.73. The van der Waals surface area contributed by atoms with Crippen LogP contribution < -0.4 is 5.73 Å². The molecule has 0 saturated heterocycles. The van der Waals surface area contributed by atoms with Gasteiger partial charge in [0.25, 0.3) is 0 Å². The molecular weight excluding hydrogens is 202 g/mol. The summed E-state index contributed by atoms with van der Waals surface area (Å²) in [5.41, 5.74) is 7.92. The summed E-state index contributed by atoms with van der Waals surface area (Å²) in [6.45, 7) is 2.20. The van der Waals surface area contributed by atoms with Crippen molar-refractivity contribution in [2.45, 2.75) is 25.2 Å². The normalized spacial score (nSPS) is 17.2. The number of nitrogen functional groups attached to an aromatic ring is 1.